The van der Waals surface area contributed by atoms with Crippen LogP contribution in [0.25, 0.3) is 5.70 Å². The number of nitrogens with one attached hydrogen (secondary N) is 4. The van der Waals surface area contributed by atoms with Gasteiger partial charge in [0.05, 0.1) is 17.1 Å². The molecule has 0 unspecified atom stereocenters. The van der Waals surface area contributed by atoms with E-state index in [9.17, 15) is 9.90 Å². The molecule has 6 heteroatoms. The van der Waals surface area contributed by atoms with Crippen LogP contribution in [-0.2, 0) is 4.79 Å². The van der Waals surface area contributed by atoms with Gasteiger partial charge in [-0.15, -0.1) is 0 Å². The molecule has 136 valence electrons. The van der Waals surface area contributed by atoms with Gasteiger partial charge >= 0.3 is 0 Å². The molecule has 0 aliphatic carbocycles. The maximum Gasteiger partial charge on any atom is 0.264 e. The summed E-state index contributed by atoms with van der Waals surface area (Å²) in [6.45, 7) is 0. The molecule has 3 aromatic rings. The minimum Gasteiger partial charge on any atom is -0.507 e. The summed E-state index contributed by atoms with van der Waals surface area (Å²) in [7, 11) is 0. The highest BCUT2D eigenvalue weighted by atomic mass is 16.3. The van der Waals surface area contributed by atoms with Gasteiger partial charge in [0.25, 0.3) is 5.91 Å². The first-order valence-electron chi connectivity index (χ1n) is 8.40. The van der Waals surface area contributed by atoms with Crippen LogP contribution in [0.1, 0.15) is 5.56 Å². The lowest BCUT2D eigenvalue weighted by atomic mass is 10.1. The first-order chi connectivity index (χ1) is 13.2. The van der Waals surface area contributed by atoms with Crippen LogP contribution >= 0.6 is 0 Å². The zero-order valence-corrected chi connectivity index (χ0v) is 14.5. The van der Waals surface area contributed by atoms with Crippen LogP contribution in [0.15, 0.2) is 91.0 Å². The van der Waals surface area contributed by atoms with E-state index in [1.807, 2.05) is 60.7 Å². The quantitative estimate of drug-likeness (QED) is 0.329. The number of hydrogen-bond donors (Lipinski definition) is 5. The molecule has 0 heterocycles. The van der Waals surface area contributed by atoms with Gasteiger partial charge < -0.3 is 10.5 Å². The van der Waals surface area contributed by atoms with Gasteiger partial charge in [0.2, 0.25) is 0 Å². The molecule has 0 aliphatic rings. The number of carbonyl (C=O) groups excluding carboxylic acids is 1. The predicted octanol–water partition coefficient (Wildman–Crippen LogP) is 3.49. The average Bonchev–Trinajstić information content (AvgIpc) is 2.72. The molecule has 5 N–H and O–H groups in total. The second-order valence-electron chi connectivity index (χ2n) is 5.67. The molecule has 0 bridgehead atoms. The number of rotatable bonds is 7. The van der Waals surface area contributed by atoms with Crippen molar-refractivity contribution in [3.63, 3.8) is 0 Å². The Morgan fingerprint density at radius 3 is 1.81 bits per heavy atom. The summed E-state index contributed by atoms with van der Waals surface area (Å²) in [5.74, 6) is -0.311. The number of carbonyl (C=O) groups is 1. The van der Waals surface area contributed by atoms with Gasteiger partial charge in [0.1, 0.15) is 5.75 Å². The number of phenols is 1. The Morgan fingerprint density at radius 2 is 1.22 bits per heavy atom. The SMILES string of the molecule is O=C(/C=C(\NNc1ccccc1)c1ccccc1O)NNc1ccccc1. The largest absolute Gasteiger partial charge is 0.507 e. The van der Waals surface area contributed by atoms with Crippen LogP contribution in [0.3, 0.4) is 0 Å². The number of amides is 1. The van der Waals surface area contributed by atoms with Crippen molar-refractivity contribution >= 4 is 23.0 Å². The second kappa shape index (κ2) is 8.96. The van der Waals surface area contributed by atoms with Crippen molar-refractivity contribution in [1.82, 2.24) is 10.9 Å². The molecule has 3 rings (SSSR count). The Morgan fingerprint density at radius 1 is 0.704 bits per heavy atom. The molecule has 0 atom stereocenters. The molecule has 0 spiro atoms. The number of hydrazine groups is 2. The maximum atomic E-state index is 12.3. The highest BCUT2D eigenvalue weighted by Gasteiger charge is 2.09. The predicted molar refractivity (Wildman–Crippen MR) is 107 cm³/mol. The normalized spacial score (nSPS) is 10.7. The van der Waals surface area contributed by atoms with Gasteiger partial charge in [-0.25, -0.2) is 0 Å². The molecular weight excluding hydrogens is 340 g/mol. The van der Waals surface area contributed by atoms with E-state index in [1.54, 1.807) is 24.3 Å². The number of anilines is 2. The zero-order valence-electron chi connectivity index (χ0n) is 14.5. The van der Waals surface area contributed by atoms with Gasteiger partial charge in [-0.05, 0) is 36.4 Å². The third kappa shape index (κ3) is 5.27. The van der Waals surface area contributed by atoms with Crippen LogP contribution in [0.5, 0.6) is 5.75 Å². The third-order valence-corrected chi connectivity index (χ3v) is 3.69. The smallest absolute Gasteiger partial charge is 0.264 e. The van der Waals surface area contributed by atoms with Gasteiger partial charge in [-0.3, -0.25) is 21.1 Å². The van der Waals surface area contributed by atoms with Crippen LogP contribution in [0.4, 0.5) is 11.4 Å². The molecule has 0 radical (unpaired) electrons. The Hall–Kier alpha value is -3.93. The Labute approximate surface area is 157 Å². The van der Waals surface area contributed by atoms with E-state index in [4.69, 9.17) is 0 Å². The van der Waals surface area contributed by atoms with Gasteiger partial charge in [-0.2, -0.15) is 0 Å². The Bertz CT molecular complexity index is 912. The van der Waals surface area contributed by atoms with Gasteiger partial charge in [0.15, 0.2) is 0 Å². The molecule has 0 saturated carbocycles. The molecule has 0 saturated heterocycles. The van der Waals surface area contributed by atoms with Crippen LogP contribution in [0, 0.1) is 0 Å². The maximum absolute atomic E-state index is 12.3. The van der Waals surface area contributed by atoms with E-state index in [2.05, 4.69) is 21.7 Å². The lowest BCUT2D eigenvalue weighted by Gasteiger charge is -2.15. The first-order valence-corrected chi connectivity index (χ1v) is 8.40. The van der Waals surface area contributed by atoms with Crippen molar-refractivity contribution in [3.05, 3.63) is 96.6 Å². The standard InChI is InChI=1S/C21H20N4O2/c26-20-14-8-7-13-18(20)19(24-22-16-9-3-1-4-10-16)15-21(27)25-23-17-11-5-2-6-12-17/h1-15,22-24,26H,(H,25,27)/b19-15-. The van der Waals surface area contributed by atoms with Crippen molar-refractivity contribution in [1.29, 1.82) is 0 Å². The summed E-state index contributed by atoms with van der Waals surface area (Å²) in [6, 6.07) is 25.5. The van der Waals surface area contributed by atoms with Crippen molar-refractivity contribution in [2.75, 3.05) is 10.9 Å². The number of hydrogen-bond acceptors (Lipinski definition) is 5. The topological polar surface area (TPSA) is 85.4 Å². The van der Waals surface area contributed by atoms with Crippen molar-refractivity contribution in [3.8, 4) is 5.75 Å². The lowest BCUT2D eigenvalue weighted by molar-refractivity contribution is -0.116. The molecule has 6 nitrogen and oxygen atoms in total. The number of benzene rings is 3. The number of para-hydroxylation sites is 3. The number of phenolic OH excluding ortho intramolecular Hbond substituents is 1. The molecule has 3 aromatic carbocycles. The van der Waals surface area contributed by atoms with E-state index in [1.165, 1.54) is 6.08 Å². The van der Waals surface area contributed by atoms with E-state index in [0.29, 0.717) is 11.3 Å². The molecule has 0 aliphatic heterocycles. The van der Waals surface area contributed by atoms with E-state index < -0.39 is 0 Å². The summed E-state index contributed by atoms with van der Waals surface area (Å²) < 4.78 is 0. The summed E-state index contributed by atoms with van der Waals surface area (Å²) in [4.78, 5) is 12.3. The van der Waals surface area contributed by atoms with Crippen molar-refractivity contribution in [2.45, 2.75) is 0 Å². The van der Waals surface area contributed by atoms with Crippen molar-refractivity contribution in [2.24, 2.45) is 0 Å². The first kappa shape index (κ1) is 17.9. The van der Waals surface area contributed by atoms with E-state index in [-0.39, 0.29) is 11.7 Å². The van der Waals surface area contributed by atoms with Crippen LogP contribution in [0.2, 0.25) is 0 Å². The van der Waals surface area contributed by atoms with Gasteiger partial charge in [-0.1, -0.05) is 48.5 Å². The summed E-state index contributed by atoms with van der Waals surface area (Å²) in [5, 5.41) is 10.1. The van der Waals surface area contributed by atoms with E-state index >= 15 is 0 Å². The molecular formula is C21H20N4O2. The lowest BCUT2D eigenvalue weighted by Crippen LogP contribution is -2.29. The fourth-order valence-electron chi connectivity index (χ4n) is 2.37. The molecule has 0 fully saturated rings. The van der Waals surface area contributed by atoms with Crippen molar-refractivity contribution < 1.29 is 9.90 Å². The van der Waals surface area contributed by atoms with E-state index in [0.717, 1.165) is 11.4 Å². The molecule has 0 aromatic heterocycles. The van der Waals surface area contributed by atoms with Crippen LogP contribution < -0.4 is 21.7 Å². The Balaban J connectivity index is 1.75. The molecule has 27 heavy (non-hydrogen) atoms. The highest BCUT2D eigenvalue weighted by molar-refractivity contribution is 5.96. The third-order valence-electron chi connectivity index (χ3n) is 3.69. The highest BCUT2D eigenvalue weighted by Crippen LogP contribution is 2.23. The summed E-state index contributed by atoms with van der Waals surface area (Å²) >= 11 is 0. The minimum atomic E-state index is -0.375. The number of aromatic hydroxyl groups is 1. The van der Waals surface area contributed by atoms with Crippen LogP contribution in [-0.4, -0.2) is 11.0 Å². The fraction of sp³-hybridized carbons (Fsp3) is 0. The Kier molecular flexibility index (Phi) is 5.93. The summed E-state index contributed by atoms with van der Waals surface area (Å²) in [5.41, 5.74) is 13.9. The molecule has 1 amide bonds. The minimum absolute atomic E-state index is 0.0648. The monoisotopic (exact) mass is 360 g/mol. The zero-order chi connectivity index (χ0) is 18.9. The second-order valence-corrected chi connectivity index (χ2v) is 5.67. The average molecular weight is 360 g/mol. The summed E-state index contributed by atoms with van der Waals surface area (Å²) in [6.07, 6.45) is 1.36. The fourth-order valence-corrected chi connectivity index (χ4v) is 2.37. The van der Waals surface area contributed by atoms with Gasteiger partial charge in [0, 0.05) is 11.6 Å².